The Hall–Kier alpha value is -1.94. The molecule has 2 N–H and O–H groups in total. The summed E-state index contributed by atoms with van der Waals surface area (Å²) < 4.78 is 13.7. The lowest BCUT2D eigenvalue weighted by Gasteiger charge is -2.19. The van der Waals surface area contributed by atoms with Gasteiger partial charge in [-0.25, -0.2) is 9.37 Å². The van der Waals surface area contributed by atoms with Crippen molar-refractivity contribution in [3.05, 3.63) is 53.5 Å². The average Bonchev–Trinajstić information content (AvgIpc) is 2.38. The highest BCUT2D eigenvalue weighted by atomic mass is 19.1. The van der Waals surface area contributed by atoms with Crippen LogP contribution in [-0.2, 0) is 6.54 Å². The van der Waals surface area contributed by atoms with Gasteiger partial charge in [0.2, 0.25) is 0 Å². The van der Waals surface area contributed by atoms with E-state index in [4.69, 9.17) is 5.73 Å². The number of benzene rings is 1. The SMILES string of the molecule is Cc1nc(N(C)c2ccccc2F)ccc1CN. The average molecular weight is 245 g/mol. The largest absolute Gasteiger partial charge is 0.327 e. The first-order chi connectivity index (χ1) is 8.63. The van der Waals surface area contributed by atoms with Crippen LogP contribution in [0.5, 0.6) is 0 Å². The minimum Gasteiger partial charge on any atom is -0.327 e. The molecule has 4 heteroatoms. The van der Waals surface area contributed by atoms with E-state index in [0.29, 0.717) is 18.1 Å². The van der Waals surface area contributed by atoms with Crippen molar-refractivity contribution in [1.29, 1.82) is 0 Å². The Morgan fingerprint density at radius 2 is 1.94 bits per heavy atom. The maximum absolute atomic E-state index is 13.7. The Balaban J connectivity index is 2.37. The summed E-state index contributed by atoms with van der Waals surface area (Å²) in [6, 6.07) is 10.4. The third-order valence-electron chi connectivity index (χ3n) is 2.96. The molecule has 0 radical (unpaired) electrons. The van der Waals surface area contributed by atoms with Crippen LogP contribution in [0.2, 0.25) is 0 Å². The molecule has 0 bridgehead atoms. The Kier molecular flexibility index (Phi) is 3.58. The highest BCUT2D eigenvalue weighted by molar-refractivity contribution is 5.60. The molecule has 0 fully saturated rings. The monoisotopic (exact) mass is 245 g/mol. The fourth-order valence-electron chi connectivity index (χ4n) is 1.83. The standard InChI is InChI=1S/C14H16FN3/c1-10-11(9-16)7-8-14(17-10)18(2)13-6-4-3-5-12(13)15/h3-8H,9,16H2,1-2H3. The molecule has 0 atom stereocenters. The van der Waals surface area contributed by atoms with E-state index in [2.05, 4.69) is 4.98 Å². The van der Waals surface area contributed by atoms with Gasteiger partial charge < -0.3 is 10.6 Å². The van der Waals surface area contributed by atoms with E-state index in [9.17, 15) is 4.39 Å². The molecule has 0 amide bonds. The van der Waals surface area contributed by atoms with E-state index in [1.165, 1.54) is 6.07 Å². The molecule has 0 saturated heterocycles. The second kappa shape index (κ2) is 5.14. The number of hydrogen-bond donors (Lipinski definition) is 1. The minimum atomic E-state index is -0.262. The summed E-state index contributed by atoms with van der Waals surface area (Å²) in [6.45, 7) is 2.36. The highest BCUT2D eigenvalue weighted by Crippen LogP contribution is 2.25. The molecule has 1 aromatic carbocycles. The predicted octanol–water partition coefficient (Wildman–Crippen LogP) is 2.76. The van der Waals surface area contributed by atoms with Gasteiger partial charge >= 0.3 is 0 Å². The van der Waals surface area contributed by atoms with E-state index in [1.807, 2.05) is 19.1 Å². The summed E-state index contributed by atoms with van der Waals surface area (Å²) in [6.07, 6.45) is 0. The number of nitrogens with two attached hydrogens (primary N) is 1. The summed E-state index contributed by atoms with van der Waals surface area (Å²) >= 11 is 0. The zero-order valence-corrected chi connectivity index (χ0v) is 10.5. The molecule has 3 nitrogen and oxygen atoms in total. The van der Waals surface area contributed by atoms with Crippen LogP contribution in [0.4, 0.5) is 15.9 Å². The fraction of sp³-hybridized carbons (Fsp3) is 0.214. The lowest BCUT2D eigenvalue weighted by molar-refractivity contribution is 0.627. The van der Waals surface area contributed by atoms with Crippen molar-refractivity contribution in [2.75, 3.05) is 11.9 Å². The molecule has 1 aromatic heterocycles. The van der Waals surface area contributed by atoms with Gasteiger partial charge in [-0.05, 0) is 30.7 Å². The van der Waals surface area contributed by atoms with E-state index in [0.717, 1.165) is 11.3 Å². The van der Waals surface area contributed by atoms with Crippen LogP contribution in [0.1, 0.15) is 11.3 Å². The van der Waals surface area contributed by atoms with Crippen LogP contribution >= 0.6 is 0 Å². The topological polar surface area (TPSA) is 42.2 Å². The van der Waals surface area contributed by atoms with E-state index in [-0.39, 0.29) is 5.82 Å². The first-order valence-corrected chi connectivity index (χ1v) is 5.78. The summed E-state index contributed by atoms with van der Waals surface area (Å²) in [5.41, 5.74) is 7.98. The van der Waals surface area contributed by atoms with E-state index in [1.54, 1.807) is 30.1 Å². The van der Waals surface area contributed by atoms with Gasteiger partial charge in [-0.15, -0.1) is 0 Å². The van der Waals surface area contributed by atoms with Gasteiger partial charge in [0.05, 0.1) is 5.69 Å². The van der Waals surface area contributed by atoms with Gasteiger partial charge in [-0.3, -0.25) is 0 Å². The first-order valence-electron chi connectivity index (χ1n) is 5.78. The fourth-order valence-corrected chi connectivity index (χ4v) is 1.83. The summed E-state index contributed by atoms with van der Waals surface area (Å²) in [5.74, 6) is 0.442. The Labute approximate surface area is 106 Å². The van der Waals surface area contributed by atoms with E-state index < -0.39 is 0 Å². The van der Waals surface area contributed by atoms with Gasteiger partial charge in [0.15, 0.2) is 0 Å². The second-order valence-corrected chi connectivity index (χ2v) is 4.13. The summed E-state index contributed by atoms with van der Waals surface area (Å²) in [5, 5.41) is 0. The number of rotatable bonds is 3. The van der Waals surface area contributed by atoms with Gasteiger partial charge in [-0.1, -0.05) is 18.2 Å². The Bertz CT molecular complexity index is 554. The minimum absolute atomic E-state index is 0.262. The van der Waals surface area contributed by atoms with Crippen molar-refractivity contribution in [3.8, 4) is 0 Å². The maximum atomic E-state index is 13.7. The molecule has 0 unspecified atom stereocenters. The van der Waals surface area contributed by atoms with Gasteiger partial charge in [0.1, 0.15) is 11.6 Å². The molecule has 1 heterocycles. The zero-order valence-electron chi connectivity index (χ0n) is 10.5. The van der Waals surface area contributed by atoms with E-state index >= 15 is 0 Å². The smallest absolute Gasteiger partial charge is 0.146 e. The number of pyridine rings is 1. The van der Waals surface area contributed by atoms with Crippen molar-refractivity contribution in [2.45, 2.75) is 13.5 Å². The van der Waals surface area contributed by atoms with Crippen LogP contribution in [0, 0.1) is 12.7 Å². The molecule has 0 spiro atoms. The molecule has 0 saturated carbocycles. The van der Waals surface area contributed by atoms with Gasteiger partial charge in [-0.2, -0.15) is 0 Å². The van der Waals surface area contributed by atoms with Crippen LogP contribution in [0.25, 0.3) is 0 Å². The molecule has 94 valence electrons. The van der Waals surface area contributed by atoms with Crippen LogP contribution < -0.4 is 10.6 Å². The maximum Gasteiger partial charge on any atom is 0.146 e. The molecular weight excluding hydrogens is 229 g/mol. The van der Waals surface area contributed by atoms with Crippen LogP contribution in [0.15, 0.2) is 36.4 Å². The number of aromatic nitrogens is 1. The number of para-hydroxylation sites is 1. The van der Waals surface area contributed by atoms with Crippen molar-refractivity contribution in [2.24, 2.45) is 5.73 Å². The van der Waals surface area contributed by atoms with Crippen LogP contribution in [0.3, 0.4) is 0 Å². The predicted molar refractivity (Wildman–Crippen MR) is 71.3 cm³/mol. The number of aryl methyl sites for hydroxylation is 1. The van der Waals surface area contributed by atoms with Crippen molar-refractivity contribution >= 4 is 11.5 Å². The third kappa shape index (κ3) is 2.33. The van der Waals surface area contributed by atoms with Gasteiger partial charge in [0, 0.05) is 19.3 Å². The zero-order chi connectivity index (χ0) is 13.1. The van der Waals surface area contributed by atoms with Crippen molar-refractivity contribution < 1.29 is 4.39 Å². The van der Waals surface area contributed by atoms with Crippen molar-refractivity contribution in [1.82, 2.24) is 4.98 Å². The molecule has 0 aliphatic heterocycles. The molecule has 0 aliphatic carbocycles. The Morgan fingerprint density at radius 3 is 2.56 bits per heavy atom. The quantitative estimate of drug-likeness (QED) is 0.904. The lowest BCUT2D eigenvalue weighted by Crippen LogP contribution is -2.14. The molecule has 2 rings (SSSR count). The van der Waals surface area contributed by atoms with Crippen LogP contribution in [-0.4, -0.2) is 12.0 Å². The number of halogens is 1. The molecule has 18 heavy (non-hydrogen) atoms. The normalized spacial score (nSPS) is 10.4. The number of nitrogens with zero attached hydrogens (tertiary/aromatic N) is 2. The first kappa shape index (κ1) is 12.5. The number of anilines is 2. The molecule has 0 aliphatic rings. The Morgan fingerprint density at radius 1 is 1.22 bits per heavy atom. The number of hydrogen-bond acceptors (Lipinski definition) is 3. The summed E-state index contributed by atoms with van der Waals surface area (Å²) in [4.78, 5) is 6.17. The van der Waals surface area contributed by atoms with Crippen molar-refractivity contribution in [3.63, 3.8) is 0 Å². The molecular formula is C14H16FN3. The lowest BCUT2D eigenvalue weighted by atomic mass is 10.2. The summed E-state index contributed by atoms with van der Waals surface area (Å²) in [7, 11) is 1.79. The highest BCUT2D eigenvalue weighted by Gasteiger charge is 2.10. The van der Waals surface area contributed by atoms with Gasteiger partial charge in [0.25, 0.3) is 0 Å². The molecule has 2 aromatic rings. The second-order valence-electron chi connectivity index (χ2n) is 4.13. The third-order valence-corrected chi connectivity index (χ3v) is 2.96.